The summed E-state index contributed by atoms with van der Waals surface area (Å²) in [4.78, 5) is 0. The summed E-state index contributed by atoms with van der Waals surface area (Å²) < 4.78 is 0. The summed E-state index contributed by atoms with van der Waals surface area (Å²) in [6, 6.07) is 19.4. The van der Waals surface area contributed by atoms with Crippen LogP contribution in [0.1, 0.15) is 37.5 Å². The van der Waals surface area contributed by atoms with Crippen molar-refractivity contribution < 1.29 is 0 Å². The van der Waals surface area contributed by atoms with Crippen LogP contribution >= 0.6 is 0 Å². The van der Waals surface area contributed by atoms with Gasteiger partial charge in [0.15, 0.2) is 0 Å². The van der Waals surface area contributed by atoms with E-state index in [1.807, 2.05) is 0 Å². The molecule has 0 aliphatic rings. The van der Waals surface area contributed by atoms with Gasteiger partial charge in [-0.05, 0) is 22.1 Å². The van der Waals surface area contributed by atoms with Gasteiger partial charge in [-0.3, -0.25) is 0 Å². The second-order valence-electron chi connectivity index (χ2n) is 6.79. The second-order valence-corrected chi connectivity index (χ2v) is 6.79. The predicted molar refractivity (Wildman–Crippen MR) is 95.0 cm³/mol. The quantitative estimate of drug-likeness (QED) is 0.758. The lowest BCUT2D eigenvalue weighted by atomic mass is 9.87. The first-order valence-electron chi connectivity index (χ1n) is 8.10. The third kappa shape index (κ3) is 5.63. The minimum atomic E-state index is 0.229. The average molecular weight is 296 g/mol. The molecular formula is C20H28N2. The monoisotopic (exact) mass is 296 g/mol. The van der Waals surface area contributed by atoms with E-state index in [-0.39, 0.29) is 5.41 Å². The van der Waals surface area contributed by atoms with Crippen molar-refractivity contribution in [1.29, 1.82) is 0 Å². The van der Waals surface area contributed by atoms with Crippen LogP contribution in [0.25, 0.3) is 0 Å². The summed E-state index contributed by atoms with van der Waals surface area (Å²) in [5.41, 5.74) is 4.30. The van der Waals surface area contributed by atoms with Gasteiger partial charge in [-0.25, -0.2) is 0 Å². The van der Waals surface area contributed by atoms with Gasteiger partial charge in [0.05, 0.1) is 0 Å². The van der Waals surface area contributed by atoms with E-state index >= 15 is 0 Å². The molecule has 0 aliphatic carbocycles. The lowest BCUT2D eigenvalue weighted by Crippen LogP contribution is -2.26. The van der Waals surface area contributed by atoms with Crippen LogP contribution in [0.5, 0.6) is 0 Å². The molecule has 2 rings (SSSR count). The van der Waals surface area contributed by atoms with Crippen LogP contribution in [0.4, 0.5) is 0 Å². The molecule has 118 valence electrons. The van der Waals surface area contributed by atoms with Crippen LogP contribution in [0.2, 0.25) is 0 Å². The summed E-state index contributed by atoms with van der Waals surface area (Å²) >= 11 is 0. The molecule has 0 fully saturated rings. The fourth-order valence-electron chi connectivity index (χ4n) is 2.36. The van der Waals surface area contributed by atoms with Crippen LogP contribution in [-0.2, 0) is 18.5 Å². The molecule has 0 bridgehead atoms. The normalized spacial score (nSPS) is 11.6. The van der Waals surface area contributed by atoms with Gasteiger partial charge in [0.1, 0.15) is 0 Å². The maximum atomic E-state index is 3.48. The molecule has 2 nitrogen and oxygen atoms in total. The molecule has 0 unspecified atom stereocenters. The molecule has 0 atom stereocenters. The van der Waals surface area contributed by atoms with Crippen molar-refractivity contribution in [3.8, 4) is 0 Å². The van der Waals surface area contributed by atoms with E-state index in [4.69, 9.17) is 0 Å². The molecule has 2 aromatic carbocycles. The van der Waals surface area contributed by atoms with Crippen LogP contribution in [0.15, 0.2) is 54.6 Å². The fourth-order valence-corrected chi connectivity index (χ4v) is 2.36. The maximum absolute atomic E-state index is 3.48. The van der Waals surface area contributed by atoms with Crippen molar-refractivity contribution in [2.45, 2.75) is 39.3 Å². The summed E-state index contributed by atoms with van der Waals surface area (Å²) in [6.45, 7) is 10.6. The molecule has 2 N–H and O–H groups in total. The van der Waals surface area contributed by atoms with Gasteiger partial charge in [0.2, 0.25) is 0 Å². The van der Waals surface area contributed by atoms with Gasteiger partial charge >= 0.3 is 0 Å². The number of hydrogen-bond donors (Lipinski definition) is 2. The molecule has 0 aliphatic heterocycles. The molecule has 2 aromatic rings. The Kier molecular flexibility index (Phi) is 6.17. The second kappa shape index (κ2) is 8.11. The van der Waals surface area contributed by atoms with Crippen LogP contribution in [-0.4, -0.2) is 13.1 Å². The van der Waals surface area contributed by atoms with Gasteiger partial charge in [-0.2, -0.15) is 0 Å². The van der Waals surface area contributed by atoms with E-state index in [2.05, 4.69) is 86.0 Å². The zero-order valence-electron chi connectivity index (χ0n) is 14.0. The van der Waals surface area contributed by atoms with E-state index in [0.29, 0.717) is 0 Å². The highest BCUT2D eigenvalue weighted by Crippen LogP contribution is 2.22. The van der Waals surface area contributed by atoms with Crippen molar-refractivity contribution in [2.75, 3.05) is 13.1 Å². The SMILES string of the molecule is CC(C)(C)c1ccc(CNCCNCc2ccccc2)cc1. The van der Waals surface area contributed by atoms with Crippen molar-refractivity contribution >= 4 is 0 Å². The van der Waals surface area contributed by atoms with Crippen LogP contribution in [0, 0.1) is 0 Å². The van der Waals surface area contributed by atoms with Crippen molar-refractivity contribution in [3.63, 3.8) is 0 Å². The Hall–Kier alpha value is -1.64. The zero-order chi connectivity index (χ0) is 15.8. The number of rotatable bonds is 7. The average Bonchev–Trinajstić information content (AvgIpc) is 2.51. The van der Waals surface area contributed by atoms with E-state index < -0.39 is 0 Å². The van der Waals surface area contributed by atoms with E-state index in [1.54, 1.807) is 0 Å². The van der Waals surface area contributed by atoms with Crippen molar-refractivity contribution in [3.05, 3.63) is 71.3 Å². The van der Waals surface area contributed by atoms with Gasteiger partial charge in [-0.1, -0.05) is 75.4 Å². The van der Waals surface area contributed by atoms with Crippen LogP contribution in [0.3, 0.4) is 0 Å². The predicted octanol–water partition coefficient (Wildman–Crippen LogP) is 3.86. The molecule has 0 aromatic heterocycles. The molecular weight excluding hydrogens is 268 g/mol. The molecule has 2 heteroatoms. The largest absolute Gasteiger partial charge is 0.311 e. The number of hydrogen-bond acceptors (Lipinski definition) is 2. The van der Waals surface area contributed by atoms with Crippen LogP contribution < -0.4 is 10.6 Å². The Bertz CT molecular complexity index is 538. The molecule has 0 saturated carbocycles. The van der Waals surface area contributed by atoms with Crippen molar-refractivity contribution in [2.24, 2.45) is 0 Å². The molecule has 0 spiro atoms. The minimum absolute atomic E-state index is 0.229. The fraction of sp³-hybridized carbons (Fsp3) is 0.400. The highest BCUT2D eigenvalue weighted by Gasteiger charge is 2.12. The van der Waals surface area contributed by atoms with Gasteiger partial charge in [0, 0.05) is 26.2 Å². The Morgan fingerprint density at radius 2 is 1.18 bits per heavy atom. The Labute approximate surface area is 135 Å². The van der Waals surface area contributed by atoms with Crippen molar-refractivity contribution in [1.82, 2.24) is 10.6 Å². The number of benzene rings is 2. The first kappa shape index (κ1) is 16.7. The molecule has 0 amide bonds. The Morgan fingerprint density at radius 3 is 1.68 bits per heavy atom. The number of nitrogens with one attached hydrogen (secondary N) is 2. The smallest absolute Gasteiger partial charge is 0.0206 e. The third-order valence-corrected chi connectivity index (χ3v) is 3.80. The summed E-state index contributed by atoms with van der Waals surface area (Å²) in [5.74, 6) is 0. The van der Waals surface area contributed by atoms with E-state index in [9.17, 15) is 0 Å². The molecule has 0 heterocycles. The zero-order valence-corrected chi connectivity index (χ0v) is 14.0. The van der Waals surface area contributed by atoms with Gasteiger partial charge in [-0.15, -0.1) is 0 Å². The Morgan fingerprint density at radius 1 is 0.682 bits per heavy atom. The Balaban J connectivity index is 1.62. The van der Waals surface area contributed by atoms with Gasteiger partial charge in [0.25, 0.3) is 0 Å². The molecule has 0 radical (unpaired) electrons. The first-order valence-corrected chi connectivity index (χ1v) is 8.10. The van der Waals surface area contributed by atoms with Gasteiger partial charge < -0.3 is 10.6 Å². The highest BCUT2D eigenvalue weighted by atomic mass is 14.9. The molecule has 0 saturated heterocycles. The summed E-state index contributed by atoms with van der Waals surface area (Å²) in [7, 11) is 0. The third-order valence-electron chi connectivity index (χ3n) is 3.80. The maximum Gasteiger partial charge on any atom is 0.0206 e. The lowest BCUT2D eigenvalue weighted by molar-refractivity contribution is 0.588. The van der Waals surface area contributed by atoms with E-state index in [0.717, 1.165) is 26.2 Å². The molecule has 22 heavy (non-hydrogen) atoms. The summed E-state index contributed by atoms with van der Waals surface area (Å²) in [6.07, 6.45) is 0. The van der Waals surface area contributed by atoms with E-state index in [1.165, 1.54) is 16.7 Å². The highest BCUT2D eigenvalue weighted by molar-refractivity contribution is 5.27. The standard InChI is InChI=1S/C20H28N2/c1-20(2,3)19-11-9-18(10-12-19)16-22-14-13-21-15-17-7-5-4-6-8-17/h4-12,21-22H,13-16H2,1-3H3. The lowest BCUT2D eigenvalue weighted by Gasteiger charge is -2.19. The minimum Gasteiger partial charge on any atom is -0.311 e. The summed E-state index contributed by atoms with van der Waals surface area (Å²) in [5, 5.41) is 6.94. The topological polar surface area (TPSA) is 24.1 Å². The first-order chi connectivity index (χ1) is 10.6.